The Morgan fingerprint density at radius 2 is 2.29 bits per heavy atom. The lowest BCUT2D eigenvalue weighted by Gasteiger charge is -2.01. The highest BCUT2D eigenvalue weighted by Crippen LogP contribution is 2.20. The van der Waals surface area contributed by atoms with Gasteiger partial charge in [0.05, 0.1) is 11.0 Å². The van der Waals surface area contributed by atoms with Crippen LogP contribution in [0, 0.1) is 0 Å². The zero-order valence-electron chi connectivity index (χ0n) is 8.00. The van der Waals surface area contributed by atoms with Crippen molar-refractivity contribution in [1.82, 2.24) is 9.55 Å². The molecule has 0 fully saturated rings. The molecule has 4 heteroatoms. The molecule has 0 spiro atoms. The van der Waals surface area contributed by atoms with Crippen LogP contribution in [0.4, 0.5) is 5.95 Å². The van der Waals surface area contributed by atoms with E-state index in [1.807, 2.05) is 4.57 Å². The standard InChI is InChI=1S/C10H12BrN3/c1-2-14-9-4-3-7(6-11)5-8(9)13-10(14)12/h3-5H,2,6H2,1H3,(H2,12,13). The number of fused-ring (bicyclic) bond motifs is 1. The summed E-state index contributed by atoms with van der Waals surface area (Å²) in [7, 11) is 0. The molecule has 1 heterocycles. The van der Waals surface area contributed by atoms with Crippen molar-refractivity contribution in [3.05, 3.63) is 23.8 Å². The molecule has 2 N–H and O–H groups in total. The molecule has 0 aliphatic carbocycles. The van der Waals surface area contributed by atoms with Crippen molar-refractivity contribution in [2.75, 3.05) is 5.73 Å². The normalized spacial score (nSPS) is 11.0. The second-order valence-electron chi connectivity index (χ2n) is 3.17. The Hall–Kier alpha value is -1.03. The zero-order valence-corrected chi connectivity index (χ0v) is 9.58. The van der Waals surface area contributed by atoms with Crippen molar-refractivity contribution >= 4 is 32.9 Å². The fraction of sp³-hybridized carbons (Fsp3) is 0.300. The molecule has 3 nitrogen and oxygen atoms in total. The third-order valence-electron chi connectivity index (χ3n) is 2.31. The average Bonchev–Trinajstić information content (AvgIpc) is 2.51. The third kappa shape index (κ3) is 1.39. The number of rotatable bonds is 2. The number of benzene rings is 1. The first-order valence-electron chi connectivity index (χ1n) is 4.57. The highest BCUT2D eigenvalue weighted by atomic mass is 79.9. The molecule has 0 radical (unpaired) electrons. The summed E-state index contributed by atoms with van der Waals surface area (Å²) in [6, 6.07) is 6.22. The van der Waals surface area contributed by atoms with Crippen molar-refractivity contribution in [2.24, 2.45) is 0 Å². The van der Waals surface area contributed by atoms with Crippen LogP contribution in [0.25, 0.3) is 11.0 Å². The van der Waals surface area contributed by atoms with Crippen LogP contribution in [0.3, 0.4) is 0 Å². The van der Waals surface area contributed by atoms with E-state index in [2.05, 4.69) is 46.0 Å². The first-order valence-corrected chi connectivity index (χ1v) is 5.69. The van der Waals surface area contributed by atoms with Gasteiger partial charge in [0.1, 0.15) is 0 Å². The van der Waals surface area contributed by atoms with Crippen LogP contribution in [-0.4, -0.2) is 9.55 Å². The fourth-order valence-corrected chi connectivity index (χ4v) is 1.96. The van der Waals surface area contributed by atoms with Crippen LogP contribution < -0.4 is 5.73 Å². The quantitative estimate of drug-likeness (QED) is 0.837. The van der Waals surface area contributed by atoms with Crippen molar-refractivity contribution in [2.45, 2.75) is 18.8 Å². The first-order chi connectivity index (χ1) is 6.76. The van der Waals surface area contributed by atoms with E-state index < -0.39 is 0 Å². The van der Waals surface area contributed by atoms with Crippen LogP contribution in [0.5, 0.6) is 0 Å². The number of aryl methyl sites for hydroxylation is 1. The second kappa shape index (κ2) is 3.61. The molecule has 14 heavy (non-hydrogen) atoms. The molecule has 2 rings (SSSR count). The Morgan fingerprint density at radius 1 is 1.50 bits per heavy atom. The minimum absolute atomic E-state index is 0.592. The molecular formula is C10H12BrN3. The SMILES string of the molecule is CCn1c(N)nc2cc(CBr)ccc21. The summed E-state index contributed by atoms with van der Waals surface area (Å²) in [6.07, 6.45) is 0. The first kappa shape index (κ1) is 9.52. The Kier molecular flexibility index (Phi) is 2.46. The van der Waals surface area contributed by atoms with E-state index in [1.165, 1.54) is 5.56 Å². The number of alkyl halides is 1. The summed E-state index contributed by atoms with van der Waals surface area (Å²) in [4.78, 5) is 4.31. The van der Waals surface area contributed by atoms with E-state index in [0.29, 0.717) is 5.95 Å². The molecule has 74 valence electrons. The molecule has 0 atom stereocenters. The summed E-state index contributed by atoms with van der Waals surface area (Å²) < 4.78 is 2.01. The molecular weight excluding hydrogens is 242 g/mol. The van der Waals surface area contributed by atoms with Gasteiger partial charge in [0.15, 0.2) is 0 Å². The van der Waals surface area contributed by atoms with Gasteiger partial charge in [-0.2, -0.15) is 0 Å². The van der Waals surface area contributed by atoms with Crippen LogP contribution in [0.2, 0.25) is 0 Å². The number of hydrogen-bond donors (Lipinski definition) is 1. The average molecular weight is 254 g/mol. The number of hydrogen-bond acceptors (Lipinski definition) is 2. The molecule has 0 amide bonds. The molecule has 2 aromatic rings. The Labute approximate surface area is 91.1 Å². The lowest BCUT2D eigenvalue weighted by Crippen LogP contribution is -2.00. The maximum Gasteiger partial charge on any atom is 0.201 e. The number of nitrogens with two attached hydrogens (primary N) is 1. The highest BCUT2D eigenvalue weighted by molar-refractivity contribution is 9.08. The molecule has 1 aromatic carbocycles. The van der Waals surface area contributed by atoms with E-state index in [4.69, 9.17) is 5.73 Å². The van der Waals surface area contributed by atoms with Crippen LogP contribution in [-0.2, 0) is 11.9 Å². The van der Waals surface area contributed by atoms with Crippen molar-refractivity contribution < 1.29 is 0 Å². The van der Waals surface area contributed by atoms with Gasteiger partial charge in [0.2, 0.25) is 5.95 Å². The third-order valence-corrected chi connectivity index (χ3v) is 2.96. The van der Waals surface area contributed by atoms with Gasteiger partial charge in [-0.15, -0.1) is 0 Å². The number of aromatic nitrogens is 2. The molecule has 1 aromatic heterocycles. The summed E-state index contributed by atoms with van der Waals surface area (Å²) in [5.41, 5.74) is 9.10. The zero-order chi connectivity index (χ0) is 10.1. The summed E-state index contributed by atoms with van der Waals surface area (Å²) in [5.74, 6) is 0.592. The Bertz CT molecular complexity index is 462. The Morgan fingerprint density at radius 3 is 2.93 bits per heavy atom. The number of anilines is 1. The molecule has 0 saturated heterocycles. The van der Waals surface area contributed by atoms with Crippen molar-refractivity contribution in [1.29, 1.82) is 0 Å². The number of nitrogen functional groups attached to an aromatic ring is 1. The van der Waals surface area contributed by atoms with Gasteiger partial charge in [-0.25, -0.2) is 4.98 Å². The molecule has 0 aliphatic rings. The fourth-order valence-electron chi connectivity index (χ4n) is 1.61. The lowest BCUT2D eigenvalue weighted by molar-refractivity contribution is 0.800. The van der Waals surface area contributed by atoms with Gasteiger partial charge in [0, 0.05) is 11.9 Å². The van der Waals surface area contributed by atoms with Crippen molar-refractivity contribution in [3.63, 3.8) is 0 Å². The lowest BCUT2D eigenvalue weighted by atomic mass is 10.2. The molecule has 0 unspecified atom stereocenters. The topological polar surface area (TPSA) is 43.8 Å². The van der Waals surface area contributed by atoms with E-state index in [0.717, 1.165) is 22.9 Å². The van der Waals surface area contributed by atoms with Crippen LogP contribution in [0.15, 0.2) is 18.2 Å². The number of nitrogens with zero attached hydrogens (tertiary/aromatic N) is 2. The minimum Gasteiger partial charge on any atom is -0.369 e. The predicted molar refractivity (Wildman–Crippen MR) is 62.5 cm³/mol. The van der Waals surface area contributed by atoms with E-state index >= 15 is 0 Å². The minimum atomic E-state index is 0.592. The number of halogens is 1. The predicted octanol–water partition coefficient (Wildman–Crippen LogP) is 2.53. The second-order valence-corrected chi connectivity index (χ2v) is 3.73. The van der Waals surface area contributed by atoms with Gasteiger partial charge in [-0.3, -0.25) is 0 Å². The van der Waals surface area contributed by atoms with Gasteiger partial charge in [-0.05, 0) is 24.6 Å². The molecule has 0 bridgehead atoms. The molecule has 0 saturated carbocycles. The maximum atomic E-state index is 5.80. The Balaban J connectivity index is 2.68. The van der Waals surface area contributed by atoms with Crippen molar-refractivity contribution in [3.8, 4) is 0 Å². The largest absolute Gasteiger partial charge is 0.369 e. The van der Waals surface area contributed by atoms with Crippen LogP contribution >= 0.6 is 15.9 Å². The summed E-state index contributed by atoms with van der Waals surface area (Å²) in [5, 5.41) is 0.849. The summed E-state index contributed by atoms with van der Waals surface area (Å²) in [6.45, 7) is 2.92. The van der Waals surface area contributed by atoms with E-state index in [9.17, 15) is 0 Å². The van der Waals surface area contributed by atoms with Gasteiger partial charge < -0.3 is 10.3 Å². The monoisotopic (exact) mass is 253 g/mol. The van der Waals surface area contributed by atoms with E-state index in [-0.39, 0.29) is 0 Å². The van der Waals surface area contributed by atoms with Gasteiger partial charge in [0.25, 0.3) is 0 Å². The number of imidazole rings is 1. The smallest absolute Gasteiger partial charge is 0.201 e. The van der Waals surface area contributed by atoms with E-state index in [1.54, 1.807) is 0 Å². The van der Waals surface area contributed by atoms with Gasteiger partial charge >= 0.3 is 0 Å². The van der Waals surface area contributed by atoms with Crippen LogP contribution in [0.1, 0.15) is 12.5 Å². The molecule has 0 aliphatic heterocycles. The maximum absolute atomic E-state index is 5.80. The summed E-state index contributed by atoms with van der Waals surface area (Å²) >= 11 is 3.42. The highest BCUT2D eigenvalue weighted by Gasteiger charge is 2.06. The van der Waals surface area contributed by atoms with Gasteiger partial charge in [-0.1, -0.05) is 22.0 Å².